The number of aliphatic hydroxyl groups is 1. The summed E-state index contributed by atoms with van der Waals surface area (Å²) < 4.78 is 0. The summed E-state index contributed by atoms with van der Waals surface area (Å²) >= 11 is 0. The smallest absolute Gasteiger partial charge is 1.00 e. The van der Waals surface area contributed by atoms with Crippen molar-refractivity contribution in [3.63, 3.8) is 0 Å². The monoisotopic (exact) mass is 435 g/mol. The zero-order valence-corrected chi connectivity index (χ0v) is 16.0. The van der Waals surface area contributed by atoms with Gasteiger partial charge in [0.15, 0.2) is 0 Å². The molecule has 2 N–H and O–H groups in total. The van der Waals surface area contributed by atoms with E-state index in [1.807, 2.05) is 6.07 Å². The third-order valence-electron chi connectivity index (χ3n) is 0.756. The van der Waals surface area contributed by atoms with Crippen LogP contribution < -0.4 is 74.4 Å². The summed E-state index contributed by atoms with van der Waals surface area (Å²) in [5, 5.41) is 15.6. The number of rotatable bonds is 0. The first kappa shape index (κ1) is 61.5. The van der Waals surface area contributed by atoms with Crippen LogP contribution in [0.25, 0.3) is 0 Å². The van der Waals surface area contributed by atoms with Crippen LogP contribution in [0.1, 0.15) is 0 Å². The largest absolute Gasteiger partial charge is 4.00 e. The van der Waals surface area contributed by atoms with Crippen LogP contribution >= 0.6 is 0 Å². The molecule has 0 saturated heterocycles. The van der Waals surface area contributed by atoms with E-state index in [0.717, 1.165) is 7.11 Å². The number of hydrogen-bond donors (Lipinski definition) is 2. The number of hydrogen-bond acceptors (Lipinski definition) is 2. The van der Waals surface area contributed by atoms with Crippen LogP contribution in [0.3, 0.4) is 0 Å². The third-order valence-corrected chi connectivity index (χ3v) is 0.756. The van der Waals surface area contributed by atoms with Gasteiger partial charge in [0.25, 0.3) is 0 Å². The molecule has 17 heavy (non-hydrogen) atoms. The van der Waals surface area contributed by atoms with Gasteiger partial charge in [-0.2, -0.15) is 0 Å². The van der Waals surface area contributed by atoms with Gasteiger partial charge in [0.2, 0.25) is 0 Å². The number of aromatic hydroxyl groups is 1. The molecule has 0 bridgehead atoms. The van der Waals surface area contributed by atoms with Gasteiger partial charge < -0.3 is 84.7 Å². The quantitative estimate of drug-likeness (QED) is 0.396. The first-order valence-corrected chi connectivity index (χ1v) is 2.58. The second kappa shape index (κ2) is 52.0. The molecule has 0 atom stereocenters. The molecule has 100 valence electrons. The maximum Gasteiger partial charge on any atom is 4.00 e. The van der Waals surface area contributed by atoms with E-state index in [2.05, 4.69) is 0 Å². The summed E-state index contributed by atoms with van der Waals surface area (Å²) in [6.07, 6.45) is 0. The molecule has 1 rings (SSSR count). The van der Waals surface area contributed by atoms with E-state index >= 15 is 0 Å². The topological polar surface area (TPSA) is 40.5 Å². The Kier molecular flexibility index (Phi) is 188. The Bertz CT molecular complexity index is 162. The van der Waals surface area contributed by atoms with Gasteiger partial charge in [-0.05, 0) is 12.1 Å². The predicted molar refractivity (Wildman–Crippen MR) is 36.2 cm³/mol. The van der Waals surface area contributed by atoms with Crippen molar-refractivity contribution in [1.29, 1.82) is 0 Å². The molecule has 0 amide bonds. The standard InChI is InChI=1S/C6H6O.CH4O.6ClH.Ti.V/c7-6-4-2-1-3-5-6;1-2;;;;;;;;/h1-5,7H;2H,1H3;6*1H;;/q;;;;;;;;+3;+4/p-6. The molecule has 0 aliphatic carbocycles. The van der Waals surface area contributed by atoms with E-state index in [4.69, 9.17) is 10.2 Å². The van der Waals surface area contributed by atoms with E-state index in [1.165, 1.54) is 0 Å². The van der Waals surface area contributed by atoms with Crippen molar-refractivity contribution < 1.29 is 125 Å². The summed E-state index contributed by atoms with van der Waals surface area (Å²) in [7, 11) is 1.00. The van der Waals surface area contributed by atoms with Crippen molar-refractivity contribution in [1.82, 2.24) is 0 Å². The van der Waals surface area contributed by atoms with Crippen LogP contribution in [-0.4, -0.2) is 17.3 Å². The maximum atomic E-state index is 8.63. The second-order valence-electron chi connectivity index (χ2n) is 1.34. The molecule has 1 aromatic carbocycles. The average molecular weight is 438 g/mol. The first-order valence-electron chi connectivity index (χ1n) is 2.58. The summed E-state index contributed by atoms with van der Waals surface area (Å²) in [5.41, 5.74) is 0. The Hall–Kier alpha value is 2.02. The fraction of sp³-hybridized carbons (Fsp3) is 0.143. The van der Waals surface area contributed by atoms with Gasteiger partial charge in [-0.1, -0.05) is 18.2 Å². The Morgan fingerprint density at radius 3 is 1.06 bits per heavy atom. The Morgan fingerprint density at radius 1 is 0.706 bits per heavy atom. The average Bonchev–Trinajstić information content (AvgIpc) is 1.94. The zero-order chi connectivity index (χ0) is 7.11. The van der Waals surface area contributed by atoms with Crippen LogP contribution in [0.5, 0.6) is 5.75 Å². The van der Waals surface area contributed by atoms with Gasteiger partial charge >= 0.3 is 40.3 Å². The number of para-hydroxylation sites is 1. The minimum Gasteiger partial charge on any atom is -1.00 e. The number of phenols is 1. The Labute approximate surface area is 166 Å². The molecule has 1 aromatic rings. The van der Waals surface area contributed by atoms with Crippen molar-refractivity contribution in [3.05, 3.63) is 30.3 Å². The zero-order valence-electron chi connectivity index (χ0n) is 8.50. The third kappa shape index (κ3) is 46.1. The summed E-state index contributed by atoms with van der Waals surface area (Å²) in [6, 6.07) is 8.71. The van der Waals surface area contributed by atoms with Crippen molar-refractivity contribution in [2.75, 3.05) is 7.11 Å². The number of benzene rings is 1. The van der Waals surface area contributed by atoms with E-state index in [-0.39, 0.29) is 115 Å². The minimum absolute atomic E-state index is 0. The summed E-state index contributed by atoms with van der Waals surface area (Å²) in [5.74, 6) is 0.322. The molecule has 0 unspecified atom stereocenters. The molecule has 2 nitrogen and oxygen atoms in total. The van der Waals surface area contributed by atoms with E-state index in [1.54, 1.807) is 24.3 Å². The molecule has 0 spiro atoms. The van der Waals surface area contributed by atoms with Crippen molar-refractivity contribution >= 4 is 0 Å². The fourth-order valence-corrected chi connectivity index (χ4v) is 0.428. The molecular formula is C7H10Cl6O2TiV+. The number of phenolic OH excluding ortho intramolecular Hbond substituents is 1. The molecule has 10 heteroatoms. The summed E-state index contributed by atoms with van der Waals surface area (Å²) in [4.78, 5) is 0. The molecule has 0 aliphatic rings. The predicted octanol–water partition coefficient (Wildman–Crippen LogP) is -17.0. The molecule has 0 fully saturated rings. The van der Waals surface area contributed by atoms with Gasteiger partial charge in [-0.25, -0.2) is 0 Å². The number of halogens is 6. The first-order chi connectivity index (χ1) is 4.39. The molecular weight excluding hydrogens is 428 g/mol. The van der Waals surface area contributed by atoms with E-state index < -0.39 is 0 Å². The molecule has 0 aromatic heterocycles. The normalized spacial score (nSPS) is 3.88. The second-order valence-corrected chi connectivity index (χ2v) is 1.34. The molecule has 2 radical (unpaired) electrons. The Morgan fingerprint density at radius 2 is 0.941 bits per heavy atom. The Balaban J connectivity index is -0.00000000876. The van der Waals surface area contributed by atoms with Gasteiger partial charge in [0.05, 0.1) is 0 Å². The molecule has 0 heterocycles. The van der Waals surface area contributed by atoms with Crippen LogP contribution in [0.2, 0.25) is 0 Å². The van der Waals surface area contributed by atoms with Gasteiger partial charge in [0.1, 0.15) is 5.75 Å². The van der Waals surface area contributed by atoms with Crippen LogP contribution in [0.15, 0.2) is 30.3 Å². The minimum atomic E-state index is 0. The van der Waals surface area contributed by atoms with Crippen molar-refractivity contribution in [3.8, 4) is 5.75 Å². The van der Waals surface area contributed by atoms with Crippen LogP contribution in [-0.2, 0) is 40.3 Å². The maximum absolute atomic E-state index is 8.63. The summed E-state index contributed by atoms with van der Waals surface area (Å²) in [6.45, 7) is 0. The van der Waals surface area contributed by atoms with Gasteiger partial charge in [-0.15, -0.1) is 0 Å². The van der Waals surface area contributed by atoms with Gasteiger partial charge in [-0.3, -0.25) is 0 Å². The van der Waals surface area contributed by atoms with Gasteiger partial charge in [0, 0.05) is 7.11 Å². The SMILES string of the molecule is CO.Oc1ccccc1.[Cl-].[Cl-].[Cl-].[Cl-].[Cl-].[Cl-].[Ti+3].[V+4]. The van der Waals surface area contributed by atoms with E-state index in [9.17, 15) is 0 Å². The van der Waals surface area contributed by atoms with Crippen LogP contribution in [0.4, 0.5) is 0 Å². The fourth-order valence-electron chi connectivity index (χ4n) is 0.428. The number of aliphatic hydroxyl groups excluding tert-OH is 1. The molecule has 0 aliphatic heterocycles. The molecule has 0 saturated carbocycles. The van der Waals surface area contributed by atoms with Crippen molar-refractivity contribution in [2.45, 2.75) is 0 Å². The van der Waals surface area contributed by atoms with E-state index in [0.29, 0.717) is 5.75 Å². The van der Waals surface area contributed by atoms with Crippen LogP contribution in [0, 0.1) is 0 Å². The van der Waals surface area contributed by atoms with Crippen molar-refractivity contribution in [2.24, 2.45) is 0 Å².